The average molecular weight is 320 g/mol. The van der Waals surface area contributed by atoms with Gasteiger partial charge in [0.25, 0.3) is 0 Å². The fourth-order valence-electron chi connectivity index (χ4n) is 3.07. The van der Waals surface area contributed by atoms with Gasteiger partial charge in [-0.3, -0.25) is 4.79 Å². The Morgan fingerprint density at radius 1 is 1.43 bits per heavy atom. The molecule has 2 unspecified atom stereocenters. The molecule has 0 bridgehead atoms. The van der Waals surface area contributed by atoms with Crippen LogP contribution in [0.4, 0.5) is 4.79 Å². The first-order valence-electron chi connectivity index (χ1n) is 8.38. The molecular weight excluding hydrogens is 292 g/mol. The number of likely N-dealkylation sites (tertiary alicyclic amines) is 1. The number of aryl methyl sites for hydroxylation is 2. The number of aromatic nitrogens is 1. The highest BCUT2D eigenvalue weighted by Gasteiger charge is 2.28. The fraction of sp³-hybridized carbons (Fsp3) is 0.647. The van der Waals surface area contributed by atoms with E-state index in [-0.39, 0.29) is 23.9 Å². The Labute approximate surface area is 138 Å². The molecule has 1 aromatic heterocycles. The maximum absolute atomic E-state index is 12.4. The highest BCUT2D eigenvalue weighted by atomic mass is 16.2. The summed E-state index contributed by atoms with van der Waals surface area (Å²) < 4.78 is 2.10. The second-order valence-electron chi connectivity index (χ2n) is 6.40. The summed E-state index contributed by atoms with van der Waals surface area (Å²) in [6.07, 6.45) is 5.60. The van der Waals surface area contributed by atoms with Crippen LogP contribution in [-0.2, 0) is 18.3 Å². The molecule has 128 valence electrons. The molecule has 6 heteroatoms. The SMILES string of the molecule is CNC(=O)C1CCCN(C(=O)NC(C)CCc2cccn2C)C1. The Bertz CT molecular complexity index is 540. The lowest BCUT2D eigenvalue weighted by molar-refractivity contribution is -0.125. The van der Waals surface area contributed by atoms with E-state index in [9.17, 15) is 9.59 Å². The monoisotopic (exact) mass is 320 g/mol. The highest BCUT2D eigenvalue weighted by molar-refractivity contribution is 5.80. The van der Waals surface area contributed by atoms with Gasteiger partial charge in [-0.05, 0) is 44.7 Å². The number of carbonyl (C=O) groups excluding carboxylic acids is 2. The summed E-state index contributed by atoms with van der Waals surface area (Å²) in [6, 6.07) is 4.19. The van der Waals surface area contributed by atoms with Crippen LogP contribution in [0.1, 0.15) is 31.9 Å². The van der Waals surface area contributed by atoms with E-state index in [0.717, 1.165) is 32.2 Å². The first-order valence-corrected chi connectivity index (χ1v) is 8.38. The summed E-state index contributed by atoms with van der Waals surface area (Å²) in [5.74, 6) is -0.0579. The number of hydrogen-bond acceptors (Lipinski definition) is 2. The Balaban J connectivity index is 1.78. The van der Waals surface area contributed by atoms with Gasteiger partial charge < -0.3 is 20.1 Å². The number of carbonyl (C=O) groups is 2. The zero-order valence-corrected chi connectivity index (χ0v) is 14.3. The van der Waals surface area contributed by atoms with E-state index in [4.69, 9.17) is 0 Å². The number of urea groups is 1. The van der Waals surface area contributed by atoms with Crippen molar-refractivity contribution in [1.82, 2.24) is 20.1 Å². The van der Waals surface area contributed by atoms with Gasteiger partial charge in [0.15, 0.2) is 0 Å². The topological polar surface area (TPSA) is 66.4 Å². The van der Waals surface area contributed by atoms with Crippen LogP contribution in [0.15, 0.2) is 18.3 Å². The molecule has 0 spiro atoms. The standard InChI is InChI=1S/C17H28N4O2/c1-13(8-9-15-7-5-10-20(15)3)19-17(23)21-11-4-6-14(12-21)16(22)18-2/h5,7,10,13-14H,4,6,8-9,11-12H2,1-3H3,(H,18,22)(H,19,23). The first kappa shape index (κ1) is 17.4. The molecule has 3 amide bonds. The van der Waals surface area contributed by atoms with E-state index in [1.807, 2.05) is 26.2 Å². The van der Waals surface area contributed by atoms with Gasteiger partial charge in [-0.1, -0.05) is 0 Å². The van der Waals surface area contributed by atoms with Crippen molar-refractivity contribution in [1.29, 1.82) is 0 Å². The molecule has 1 aliphatic rings. The Kier molecular flexibility index (Phi) is 6.07. The number of nitrogens with one attached hydrogen (secondary N) is 2. The normalized spacial score (nSPS) is 19.3. The number of piperidine rings is 1. The minimum Gasteiger partial charge on any atom is -0.359 e. The minimum atomic E-state index is -0.0850. The molecule has 1 saturated heterocycles. The molecule has 0 saturated carbocycles. The van der Waals surface area contributed by atoms with Gasteiger partial charge >= 0.3 is 6.03 Å². The lowest BCUT2D eigenvalue weighted by Gasteiger charge is -2.32. The number of hydrogen-bond donors (Lipinski definition) is 2. The molecule has 0 aliphatic carbocycles. The van der Waals surface area contributed by atoms with E-state index in [0.29, 0.717) is 6.54 Å². The van der Waals surface area contributed by atoms with Crippen LogP contribution in [0.25, 0.3) is 0 Å². The van der Waals surface area contributed by atoms with Crippen LogP contribution < -0.4 is 10.6 Å². The van der Waals surface area contributed by atoms with Gasteiger partial charge in [0.05, 0.1) is 5.92 Å². The lowest BCUT2D eigenvalue weighted by Crippen LogP contribution is -2.50. The Morgan fingerprint density at radius 3 is 2.87 bits per heavy atom. The maximum atomic E-state index is 12.4. The highest BCUT2D eigenvalue weighted by Crippen LogP contribution is 2.17. The zero-order valence-electron chi connectivity index (χ0n) is 14.3. The molecule has 6 nitrogen and oxygen atoms in total. The van der Waals surface area contributed by atoms with Crippen molar-refractivity contribution in [2.75, 3.05) is 20.1 Å². The van der Waals surface area contributed by atoms with Gasteiger partial charge in [0, 0.05) is 45.1 Å². The van der Waals surface area contributed by atoms with Crippen LogP contribution >= 0.6 is 0 Å². The number of amides is 3. The molecular formula is C17H28N4O2. The quantitative estimate of drug-likeness (QED) is 0.864. The molecule has 1 fully saturated rings. The summed E-state index contributed by atoms with van der Waals surface area (Å²) in [5.41, 5.74) is 1.27. The third-order valence-corrected chi connectivity index (χ3v) is 4.58. The molecule has 2 rings (SSSR count). The Morgan fingerprint density at radius 2 is 2.22 bits per heavy atom. The second-order valence-corrected chi connectivity index (χ2v) is 6.40. The minimum absolute atomic E-state index is 0.0271. The summed E-state index contributed by atoms with van der Waals surface area (Å²) in [5, 5.41) is 5.73. The van der Waals surface area contributed by atoms with Crippen molar-refractivity contribution in [3.8, 4) is 0 Å². The van der Waals surface area contributed by atoms with Crippen LogP contribution in [0, 0.1) is 5.92 Å². The average Bonchev–Trinajstić information content (AvgIpc) is 2.97. The summed E-state index contributed by atoms with van der Waals surface area (Å²) in [6.45, 7) is 3.26. The van der Waals surface area contributed by atoms with Gasteiger partial charge in [-0.2, -0.15) is 0 Å². The zero-order chi connectivity index (χ0) is 16.8. The van der Waals surface area contributed by atoms with E-state index in [2.05, 4.69) is 21.3 Å². The number of rotatable bonds is 5. The van der Waals surface area contributed by atoms with Crippen LogP contribution in [-0.4, -0.2) is 47.6 Å². The predicted octanol–water partition coefficient (Wildman–Crippen LogP) is 1.51. The lowest BCUT2D eigenvalue weighted by atomic mass is 9.97. The second kappa shape index (κ2) is 8.04. The molecule has 1 aliphatic heterocycles. The molecule has 2 heterocycles. The van der Waals surface area contributed by atoms with Crippen LogP contribution in [0.5, 0.6) is 0 Å². The van der Waals surface area contributed by atoms with Crippen molar-refractivity contribution in [3.63, 3.8) is 0 Å². The van der Waals surface area contributed by atoms with Gasteiger partial charge in [-0.15, -0.1) is 0 Å². The first-order chi connectivity index (χ1) is 11.0. The van der Waals surface area contributed by atoms with Crippen LogP contribution in [0.2, 0.25) is 0 Å². The van der Waals surface area contributed by atoms with E-state index >= 15 is 0 Å². The Hall–Kier alpha value is -1.98. The maximum Gasteiger partial charge on any atom is 0.317 e. The van der Waals surface area contributed by atoms with Crippen LogP contribution in [0.3, 0.4) is 0 Å². The van der Waals surface area contributed by atoms with Crippen molar-refractivity contribution in [2.45, 2.75) is 38.6 Å². The van der Waals surface area contributed by atoms with Crippen molar-refractivity contribution >= 4 is 11.9 Å². The van der Waals surface area contributed by atoms with Gasteiger partial charge in [0.2, 0.25) is 5.91 Å². The predicted molar refractivity (Wildman–Crippen MR) is 90.1 cm³/mol. The molecule has 2 N–H and O–H groups in total. The third kappa shape index (κ3) is 4.74. The molecule has 23 heavy (non-hydrogen) atoms. The summed E-state index contributed by atoms with van der Waals surface area (Å²) in [4.78, 5) is 25.9. The molecule has 2 atom stereocenters. The molecule has 0 radical (unpaired) electrons. The van der Waals surface area contributed by atoms with Crippen molar-refractivity contribution < 1.29 is 9.59 Å². The molecule has 0 aromatic carbocycles. The third-order valence-electron chi connectivity index (χ3n) is 4.58. The molecule has 1 aromatic rings. The van der Waals surface area contributed by atoms with E-state index in [1.165, 1.54) is 5.69 Å². The fourth-order valence-corrected chi connectivity index (χ4v) is 3.07. The van der Waals surface area contributed by atoms with Gasteiger partial charge in [0.1, 0.15) is 0 Å². The van der Waals surface area contributed by atoms with Gasteiger partial charge in [-0.25, -0.2) is 4.79 Å². The van der Waals surface area contributed by atoms with Crippen molar-refractivity contribution in [3.05, 3.63) is 24.0 Å². The summed E-state index contributed by atoms with van der Waals surface area (Å²) >= 11 is 0. The number of nitrogens with zero attached hydrogens (tertiary/aromatic N) is 2. The van der Waals surface area contributed by atoms with Crippen molar-refractivity contribution in [2.24, 2.45) is 13.0 Å². The smallest absolute Gasteiger partial charge is 0.317 e. The van der Waals surface area contributed by atoms with E-state index < -0.39 is 0 Å². The largest absolute Gasteiger partial charge is 0.359 e. The van der Waals surface area contributed by atoms with E-state index in [1.54, 1.807) is 11.9 Å². The summed E-state index contributed by atoms with van der Waals surface area (Å²) in [7, 11) is 3.68.